The number of sulfonamides is 1. The van der Waals surface area contributed by atoms with E-state index in [-0.39, 0.29) is 5.91 Å². The molecular weight excluding hydrogens is 376 g/mol. The number of likely N-dealkylation sites (N-methyl/N-ethyl adjacent to an activating group) is 1. The van der Waals surface area contributed by atoms with Crippen LogP contribution in [0.15, 0.2) is 32.4 Å². The number of aromatic nitrogens is 1. The first kappa shape index (κ1) is 19.0. The van der Waals surface area contributed by atoms with Crippen molar-refractivity contribution < 1.29 is 17.7 Å². The first-order chi connectivity index (χ1) is 12.4. The number of carbonyl (C=O) groups excluding carboxylic acids is 1. The van der Waals surface area contributed by atoms with E-state index in [9.17, 15) is 13.2 Å². The zero-order valence-corrected chi connectivity index (χ0v) is 16.4. The van der Waals surface area contributed by atoms with Crippen LogP contribution in [0.5, 0.6) is 0 Å². The molecule has 1 amide bonds. The van der Waals surface area contributed by atoms with E-state index in [1.54, 1.807) is 36.5 Å². The highest BCUT2D eigenvalue weighted by molar-refractivity contribution is 7.91. The van der Waals surface area contributed by atoms with Crippen molar-refractivity contribution >= 4 is 27.3 Å². The lowest BCUT2D eigenvalue weighted by atomic mass is 10.3. The Labute approximate surface area is 157 Å². The Balaban J connectivity index is 1.69. The molecule has 0 aliphatic carbocycles. The molecule has 26 heavy (non-hydrogen) atoms. The highest BCUT2D eigenvalue weighted by atomic mass is 32.2. The van der Waals surface area contributed by atoms with Crippen LogP contribution in [0, 0.1) is 0 Å². The smallest absolute Gasteiger partial charge is 0.252 e. The molecular formula is C16H22N4O4S2. The van der Waals surface area contributed by atoms with E-state index < -0.39 is 10.0 Å². The zero-order valence-electron chi connectivity index (χ0n) is 14.8. The molecule has 10 heteroatoms. The van der Waals surface area contributed by atoms with Crippen LogP contribution in [0.1, 0.15) is 6.42 Å². The third kappa shape index (κ3) is 4.14. The van der Waals surface area contributed by atoms with Gasteiger partial charge in [0.1, 0.15) is 4.21 Å². The summed E-state index contributed by atoms with van der Waals surface area (Å²) < 4.78 is 32.8. The van der Waals surface area contributed by atoms with Gasteiger partial charge in [-0.2, -0.15) is 4.31 Å². The molecule has 8 nitrogen and oxygen atoms in total. The van der Waals surface area contributed by atoms with Crippen molar-refractivity contribution in [3.05, 3.63) is 23.7 Å². The predicted octanol–water partition coefficient (Wildman–Crippen LogP) is 1.19. The van der Waals surface area contributed by atoms with Gasteiger partial charge in [-0.1, -0.05) is 5.16 Å². The Bertz CT molecular complexity index is 845. The Morgan fingerprint density at radius 3 is 2.81 bits per heavy atom. The summed E-state index contributed by atoms with van der Waals surface area (Å²) in [6.07, 6.45) is 2.22. The molecule has 0 atom stereocenters. The van der Waals surface area contributed by atoms with Crippen molar-refractivity contribution in [2.75, 3.05) is 46.8 Å². The molecule has 0 radical (unpaired) electrons. The van der Waals surface area contributed by atoms with Gasteiger partial charge < -0.3 is 9.42 Å². The summed E-state index contributed by atoms with van der Waals surface area (Å²) in [5.74, 6) is 0.572. The second-order valence-corrected chi connectivity index (χ2v) is 9.43. The van der Waals surface area contributed by atoms with Crippen LogP contribution in [-0.4, -0.2) is 80.4 Å². The molecule has 0 saturated carbocycles. The molecule has 3 heterocycles. The van der Waals surface area contributed by atoms with Crippen molar-refractivity contribution in [2.45, 2.75) is 10.6 Å². The standard InChI is InChI=1S/C16H22N4O4S2/c1-18(2)15(21)11-19-6-3-7-20(9-8-19)26(22,23)16-10-13(12-25-16)14-4-5-17-24-14/h4-5,10,12H,3,6-9,11H2,1-2H3. The quantitative estimate of drug-likeness (QED) is 0.752. The normalized spacial score (nSPS) is 17.2. The lowest BCUT2D eigenvalue weighted by Crippen LogP contribution is -2.39. The van der Waals surface area contributed by atoms with Gasteiger partial charge in [0.2, 0.25) is 5.91 Å². The molecule has 1 aliphatic heterocycles. The largest absolute Gasteiger partial charge is 0.356 e. The highest BCUT2D eigenvalue weighted by Crippen LogP contribution is 2.30. The van der Waals surface area contributed by atoms with E-state index in [1.807, 2.05) is 4.90 Å². The minimum atomic E-state index is -3.56. The molecule has 3 rings (SSSR count). The number of hydrogen-bond donors (Lipinski definition) is 0. The Hall–Kier alpha value is -1.75. The van der Waals surface area contributed by atoms with Gasteiger partial charge in [-0.05, 0) is 19.0 Å². The van der Waals surface area contributed by atoms with Crippen LogP contribution in [0.25, 0.3) is 11.3 Å². The molecule has 1 aliphatic rings. The maximum absolute atomic E-state index is 13.0. The molecule has 0 bridgehead atoms. The Morgan fingerprint density at radius 1 is 1.31 bits per heavy atom. The number of amides is 1. The van der Waals surface area contributed by atoms with Crippen molar-refractivity contribution in [1.29, 1.82) is 0 Å². The maximum Gasteiger partial charge on any atom is 0.252 e. The van der Waals surface area contributed by atoms with Crippen LogP contribution in [0.3, 0.4) is 0 Å². The van der Waals surface area contributed by atoms with E-state index in [4.69, 9.17) is 4.52 Å². The van der Waals surface area contributed by atoms with Gasteiger partial charge in [-0.25, -0.2) is 8.42 Å². The molecule has 0 spiro atoms. The fraction of sp³-hybridized carbons (Fsp3) is 0.500. The van der Waals surface area contributed by atoms with Crippen LogP contribution >= 0.6 is 11.3 Å². The fourth-order valence-electron chi connectivity index (χ4n) is 2.75. The third-order valence-electron chi connectivity index (χ3n) is 4.30. The average molecular weight is 399 g/mol. The topological polar surface area (TPSA) is 87.0 Å². The highest BCUT2D eigenvalue weighted by Gasteiger charge is 2.29. The summed E-state index contributed by atoms with van der Waals surface area (Å²) in [6, 6.07) is 3.32. The molecule has 142 valence electrons. The monoisotopic (exact) mass is 398 g/mol. The minimum Gasteiger partial charge on any atom is -0.356 e. The van der Waals surface area contributed by atoms with Crippen molar-refractivity contribution in [1.82, 2.24) is 19.3 Å². The summed E-state index contributed by atoms with van der Waals surface area (Å²) >= 11 is 1.18. The summed E-state index contributed by atoms with van der Waals surface area (Å²) in [5, 5.41) is 5.41. The van der Waals surface area contributed by atoms with Gasteiger partial charge in [0, 0.05) is 50.7 Å². The van der Waals surface area contributed by atoms with Gasteiger partial charge in [0.25, 0.3) is 10.0 Å². The zero-order chi connectivity index (χ0) is 18.7. The van der Waals surface area contributed by atoms with E-state index in [1.165, 1.54) is 21.8 Å². The molecule has 1 saturated heterocycles. The Morgan fingerprint density at radius 2 is 2.12 bits per heavy atom. The number of thiophene rings is 1. The van der Waals surface area contributed by atoms with Crippen LogP contribution in [0.2, 0.25) is 0 Å². The lowest BCUT2D eigenvalue weighted by Gasteiger charge is -2.22. The first-order valence-corrected chi connectivity index (χ1v) is 10.6. The maximum atomic E-state index is 13.0. The number of hydrogen-bond acceptors (Lipinski definition) is 7. The first-order valence-electron chi connectivity index (χ1n) is 8.30. The molecule has 2 aromatic rings. The van der Waals surface area contributed by atoms with Gasteiger partial charge in [-0.15, -0.1) is 11.3 Å². The van der Waals surface area contributed by atoms with E-state index >= 15 is 0 Å². The number of nitrogens with zero attached hydrogens (tertiary/aromatic N) is 4. The minimum absolute atomic E-state index is 0.0243. The van der Waals surface area contributed by atoms with Crippen molar-refractivity contribution in [3.63, 3.8) is 0 Å². The van der Waals surface area contributed by atoms with E-state index in [0.717, 1.165) is 0 Å². The lowest BCUT2D eigenvalue weighted by molar-refractivity contribution is -0.129. The average Bonchev–Trinajstić information content (AvgIpc) is 3.23. The Kier molecular flexibility index (Phi) is 5.76. The second kappa shape index (κ2) is 7.87. The molecule has 1 fully saturated rings. The van der Waals surface area contributed by atoms with Gasteiger partial charge in [0.05, 0.1) is 12.7 Å². The summed E-state index contributed by atoms with van der Waals surface area (Å²) in [4.78, 5) is 15.4. The second-order valence-electron chi connectivity index (χ2n) is 6.35. The fourth-order valence-corrected chi connectivity index (χ4v) is 5.54. The number of rotatable bonds is 5. The molecule has 0 unspecified atom stereocenters. The summed E-state index contributed by atoms with van der Waals surface area (Å²) in [6.45, 7) is 2.39. The van der Waals surface area contributed by atoms with Crippen molar-refractivity contribution in [2.24, 2.45) is 0 Å². The molecule has 0 aromatic carbocycles. The van der Waals surface area contributed by atoms with Crippen molar-refractivity contribution in [3.8, 4) is 11.3 Å². The van der Waals surface area contributed by atoms with Gasteiger partial charge in [-0.3, -0.25) is 9.69 Å². The van der Waals surface area contributed by atoms with Gasteiger partial charge in [0.15, 0.2) is 5.76 Å². The van der Waals surface area contributed by atoms with Crippen LogP contribution < -0.4 is 0 Å². The predicted molar refractivity (Wildman–Crippen MR) is 98.3 cm³/mol. The molecule has 0 N–H and O–H groups in total. The van der Waals surface area contributed by atoms with Crippen LogP contribution in [0.4, 0.5) is 0 Å². The molecule has 2 aromatic heterocycles. The summed E-state index contributed by atoms with van der Waals surface area (Å²) in [7, 11) is -0.112. The SMILES string of the molecule is CN(C)C(=O)CN1CCCN(S(=O)(=O)c2cc(-c3ccno3)cs2)CC1. The van der Waals surface area contributed by atoms with Crippen LogP contribution in [-0.2, 0) is 14.8 Å². The third-order valence-corrected chi connectivity index (χ3v) is 7.61. The summed E-state index contributed by atoms with van der Waals surface area (Å²) in [5.41, 5.74) is 0.708. The number of carbonyl (C=O) groups is 1. The van der Waals surface area contributed by atoms with Gasteiger partial charge >= 0.3 is 0 Å². The van der Waals surface area contributed by atoms with E-state index in [0.29, 0.717) is 54.7 Å². The van der Waals surface area contributed by atoms with E-state index in [2.05, 4.69) is 5.16 Å².